The Balaban J connectivity index is 1.82. The summed E-state index contributed by atoms with van der Waals surface area (Å²) in [7, 11) is 0. The summed E-state index contributed by atoms with van der Waals surface area (Å²) in [5.74, 6) is -1.58. The summed E-state index contributed by atoms with van der Waals surface area (Å²) in [5, 5.41) is 6.23. The molecule has 0 aromatic heterocycles. The molecule has 0 spiro atoms. The summed E-state index contributed by atoms with van der Waals surface area (Å²) < 4.78 is 0. The molecule has 2 amide bonds. The third-order valence-electron chi connectivity index (χ3n) is 3.01. The highest BCUT2D eigenvalue weighted by atomic mass is 16.2. The number of anilines is 1. The average molecular weight is 307 g/mol. The molecule has 0 unspecified atom stereocenters. The Bertz CT molecular complexity index is 737. The minimum atomic E-state index is -0.822. The molecule has 0 radical (unpaired) electrons. The van der Waals surface area contributed by atoms with Crippen LogP contribution in [0, 0.1) is 6.92 Å². The lowest BCUT2D eigenvalue weighted by atomic mass is 10.2. The van der Waals surface area contributed by atoms with Crippen LogP contribution in [0.25, 0.3) is 6.08 Å². The molecule has 0 fully saturated rings. The van der Waals surface area contributed by atoms with Crippen LogP contribution in [-0.4, -0.2) is 18.0 Å². The average Bonchev–Trinajstić information content (AvgIpc) is 2.57. The molecule has 0 atom stereocenters. The van der Waals surface area contributed by atoms with Crippen molar-refractivity contribution in [3.63, 3.8) is 0 Å². The van der Waals surface area contributed by atoms with Crippen LogP contribution in [-0.2, 0) is 9.59 Å². The number of para-hydroxylation sites is 1. The van der Waals surface area contributed by atoms with Crippen LogP contribution in [0.3, 0.4) is 0 Å². The van der Waals surface area contributed by atoms with E-state index in [4.69, 9.17) is 0 Å². The predicted octanol–water partition coefficient (Wildman–Crippen LogP) is 2.75. The summed E-state index contributed by atoms with van der Waals surface area (Å²) in [4.78, 5) is 23.4. The number of hydrogen-bond acceptors (Lipinski definition) is 3. The van der Waals surface area contributed by atoms with Crippen molar-refractivity contribution in [3.05, 3.63) is 71.8 Å². The zero-order chi connectivity index (χ0) is 16.5. The van der Waals surface area contributed by atoms with Gasteiger partial charge in [0.25, 0.3) is 0 Å². The van der Waals surface area contributed by atoms with Crippen molar-refractivity contribution >= 4 is 29.8 Å². The summed E-state index contributed by atoms with van der Waals surface area (Å²) in [6, 6.07) is 16.9. The molecule has 5 nitrogen and oxygen atoms in total. The fourth-order valence-electron chi connectivity index (χ4n) is 1.80. The zero-order valence-corrected chi connectivity index (χ0v) is 12.7. The van der Waals surface area contributed by atoms with Crippen LogP contribution in [0.15, 0.2) is 65.8 Å². The molecule has 116 valence electrons. The normalized spacial score (nSPS) is 10.8. The van der Waals surface area contributed by atoms with Crippen molar-refractivity contribution in [2.45, 2.75) is 6.92 Å². The molecule has 2 aromatic carbocycles. The highest BCUT2D eigenvalue weighted by Gasteiger charge is 2.13. The number of hydrogen-bond donors (Lipinski definition) is 2. The molecule has 0 heterocycles. The Kier molecular flexibility index (Phi) is 5.82. The Morgan fingerprint density at radius 2 is 1.65 bits per heavy atom. The zero-order valence-electron chi connectivity index (χ0n) is 12.7. The second-order valence-corrected chi connectivity index (χ2v) is 4.76. The molecule has 0 bridgehead atoms. The van der Waals surface area contributed by atoms with Crippen molar-refractivity contribution < 1.29 is 9.59 Å². The highest BCUT2D eigenvalue weighted by Crippen LogP contribution is 2.12. The van der Waals surface area contributed by atoms with E-state index in [-0.39, 0.29) is 0 Å². The molecule has 0 saturated carbocycles. The van der Waals surface area contributed by atoms with E-state index in [9.17, 15) is 9.59 Å². The van der Waals surface area contributed by atoms with Crippen LogP contribution in [0.4, 0.5) is 5.69 Å². The van der Waals surface area contributed by atoms with E-state index < -0.39 is 11.8 Å². The Labute approximate surface area is 134 Å². The Hall–Kier alpha value is -3.21. The van der Waals surface area contributed by atoms with Gasteiger partial charge >= 0.3 is 11.8 Å². The number of carbonyl (C=O) groups is 2. The number of hydrazone groups is 1. The number of allylic oxidation sites excluding steroid dienone is 1. The molecule has 2 aromatic rings. The minimum Gasteiger partial charge on any atom is -0.317 e. The lowest BCUT2D eigenvalue weighted by Crippen LogP contribution is -2.32. The molecular weight excluding hydrogens is 290 g/mol. The molecule has 0 aliphatic carbocycles. The Morgan fingerprint density at radius 1 is 0.957 bits per heavy atom. The predicted molar refractivity (Wildman–Crippen MR) is 91.9 cm³/mol. The first kappa shape index (κ1) is 16.2. The van der Waals surface area contributed by atoms with Crippen molar-refractivity contribution in [2.75, 3.05) is 5.32 Å². The largest absolute Gasteiger partial charge is 0.329 e. The first-order chi connectivity index (χ1) is 11.2. The first-order valence-electron chi connectivity index (χ1n) is 7.08. The van der Waals surface area contributed by atoms with Crippen LogP contribution in [0.5, 0.6) is 0 Å². The number of nitrogens with zero attached hydrogens (tertiary/aromatic N) is 1. The Morgan fingerprint density at radius 3 is 2.39 bits per heavy atom. The van der Waals surface area contributed by atoms with Crippen LogP contribution in [0.1, 0.15) is 11.1 Å². The maximum atomic E-state index is 11.7. The maximum Gasteiger partial charge on any atom is 0.329 e. The van der Waals surface area contributed by atoms with Crippen LogP contribution < -0.4 is 10.7 Å². The van der Waals surface area contributed by atoms with E-state index >= 15 is 0 Å². The minimum absolute atomic E-state index is 0.598. The first-order valence-corrected chi connectivity index (χ1v) is 7.08. The monoisotopic (exact) mass is 307 g/mol. The molecule has 0 aliphatic rings. The number of amides is 2. The van der Waals surface area contributed by atoms with Gasteiger partial charge in [0.2, 0.25) is 0 Å². The summed E-state index contributed by atoms with van der Waals surface area (Å²) in [6.45, 7) is 1.85. The topological polar surface area (TPSA) is 70.6 Å². The summed E-state index contributed by atoms with van der Waals surface area (Å²) in [5.41, 5.74) is 4.67. The second-order valence-electron chi connectivity index (χ2n) is 4.76. The van der Waals surface area contributed by atoms with Gasteiger partial charge in [-0.3, -0.25) is 9.59 Å². The summed E-state index contributed by atoms with van der Waals surface area (Å²) in [6.07, 6.45) is 4.92. The van der Waals surface area contributed by atoms with E-state index in [0.29, 0.717) is 5.69 Å². The second kappa shape index (κ2) is 8.29. The van der Waals surface area contributed by atoms with Gasteiger partial charge in [-0.25, -0.2) is 5.43 Å². The fraction of sp³-hybridized carbons (Fsp3) is 0.0556. The SMILES string of the molecule is Cc1ccccc1NC(=O)C(=O)N/N=C/C=C/c1ccccc1. The third-order valence-corrected chi connectivity index (χ3v) is 3.01. The van der Waals surface area contributed by atoms with Gasteiger partial charge in [0, 0.05) is 11.9 Å². The van der Waals surface area contributed by atoms with E-state index in [1.165, 1.54) is 6.21 Å². The molecular formula is C18H17N3O2. The number of benzene rings is 2. The standard InChI is InChI=1S/C18H17N3O2/c1-14-8-5-6-12-16(14)20-17(22)18(23)21-19-13-7-11-15-9-3-2-4-10-15/h2-13H,1H3,(H,20,22)(H,21,23)/b11-7+,19-13+. The third kappa shape index (κ3) is 5.24. The van der Waals surface area contributed by atoms with E-state index in [1.807, 2.05) is 55.5 Å². The molecule has 5 heteroatoms. The van der Waals surface area contributed by atoms with Crippen molar-refractivity contribution in [2.24, 2.45) is 5.10 Å². The van der Waals surface area contributed by atoms with Crippen molar-refractivity contribution in [1.29, 1.82) is 0 Å². The van der Waals surface area contributed by atoms with Gasteiger partial charge < -0.3 is 5.32 Å². The lowest BCUT2D eigenvalue weighted by molar-refractivity contribution is -0.136. The number of rotatable bonds is 4. The van der Waals surface area contributed by atoms with Gasteiger partial charge in [0.1, 0.15) is 0 Å². The number of carbonyl (C=O) groups excluding carboxylic acids is 2. The molecule has 23 heavy (non-hydrogen) atoms. The highest BCUT2D eigenvalue weighted by molar-refractivity contribution is 6.39. The van der Waals surface area contributed by atoms with Gasteiger partial charge in [-0.15, -0.1) is 0 Å². The van der Waals surface area contributed by atoms with E-state index in [1.54, 1.807) is 18.2 Å². The van der Waals surface area contributed by atoms with Crippen LogP contribution >= 0.6 is 0 Å². The quantitative estimate of drug-likeness (QED) is 0.518. The number of nitrogens with one attached hydrogen (secondary N) is 2. The molecule has 2 N–H and O–H groups in total. The van der Waals surface area contributed by atoms with Gasteiger partial charge in [-0.1, -0.05) is 54.6 Å². The lowest BCUT2D eigenvalue weighted by Gasteiger charge is -2.06. The van der Waals surface area contributed by atoms with E-state index in [0.717, 1.165) is 11.1 Å². The number of aryl methyl sites for hydroxylation is 1. The van der Waals surface area contributed by atoms with Gasteiger partial charge in [-0.05, 0) is 30.2 Å². The van der Waals surface area contributed by atoms with Gasteiger partial charge in [0.05, 0.1) is 0 Å². The van der Waals surface area contributed by atoms with Crippen molar-refractivity contribution in [1.82, 2.24) is 5.43 Å². The van der Waals surface area contributed by atoms with Crippen molar-refractivity contribution in [3.8, 4) is 0 Å². The molecule has 0 saturated heterocycles. The van der Waals surface area contributed by atoms with Gasteiger partial charge in [-0.2, -0.15) is 5.10 Å². The molecule has 0 aliphatic heterocycles. The van der Waals surface area contributed by atoms with Crippen LogP contribution in [0.2, 0.25) is 0 Å². The summed E-state index contributed by atoms with van der Waals surface area (Å²) >= 11 is 0. The fourth-order valence-corrected chi connectivity index (χ4v) is 1.80. The van der Waals surface area contributed by atoms with Gasteiger partial charge in [0.15, 0.2) is 0 Å². The van der Waals surface area contributed by atoms with E-state index in [2.05, 4.69) is 15.8 Å². The molecule has 2 rings (SSSR count). The smallest absolute Gasteiger partial charge is 0.317 e. The maximum absolute atomic E-state index is 11.7.